The lowest BCUT2D eigenvalue weighted by molar-refractivity contribution is 0.122. The smallest absolute Gasteiger partial charge is 0.229 e. The molecule has 1 aliphatic rings. The van der Waals surface area contributed by atoms with Crippen molar-refractivity contribution in [1.29, 1.82) is 0 Å². The first kappa shape index (κ1) is 22.1. The van der Waals surface area contributed by atoms with Gasteiger partial charge >= 0.3 is 0 Å². The van der Waals surface area contributed by atoms with Gasteiger partial charge in [-0.1, -0.05) is 24.3 Å². The highest BCUT2D eigenvalue weighted by molar-refractivity contribution is 7.92. The van der Waals surface area contributed by atoms with Gasteiger partial charge in [0.1, 0.15) is 17.0 Å². The maximum absolute atomic E-state index is 11.6. The number of morpholine rings is 1. The Bertz CT molecular complexity index is 1450. The third-order valence-corrected chi connectivity index (χ3v) is 6.06. The molecule has 34 heavy (non-hydrogen) atoms. The van der Waals surface area contributed by atoms with Gasteiger partial charge in [-0.3, -0.25) is 4.72 Å². The van der Waals surface area contributed by atoms with Crippen LogP contribution in [0.15, 0.2) is 54.9 Å². The summed E-state index contributed by atoms with van der Waals surface area (Å²) in [5, 5.41) is 10.0. The van der Waals surface area contributed by atoms with Crippen LogP contribution in [-0.2, 0) is 21.3 Å². The number of fused-ring (bicyclic) bond motifs is 1. The molecule has 4 aromatic rings. The normalized spacial score (nSPS) is 14.4. The molecule has 3 heterocycles. The first-order valence-corrected chi connectivity index (χ1v) is 12.7. The van der Waals surface area contributed by atoms with Gasteiger partial charge in [0, 0.05) is 24.3 Å². The molecule has 176 valence electrons. The van der Waals surface area contributed by atoms with Crippen LogP contribution in [0.1, 0.15) is 5.56 Å². The van der Waals surface area contributed by atoms with Gasteiger partial charge in [0.05, 0.1) is 32.3 Å². The average molecular weight is 481 g/mol. The fourth-order valence-corrected chi connectivity index (χ4v) is 4.51. The molecule has 0 amide bonds. The maximum Gasteiger partial charge on any atom is 0.229 e. The maximum atomic E-state index is 11.6. The molecule has 1 fully saturated rings. The summed E-state index contributed by atoms with van der Waals surface area (Å²) in [4.78, 5) is 16.3. The molecule has 2 N–H and O–H groups in total. The zero-order valence-electron chi connectivity index (χ0n) is 18.5. The summed E-state index contributed by atoms with van der Waals surface area (Å²) in [5.41, 5.74) is 4.02. The van der Waals surface area contributed by atoms with Crippen LogP contribution in [-0.4, -0.2) is 65.6 Å². The zero-order chi connectivity index (χ0) is 23.7. The largest absolute Gasteiger partial charge is 0.508 e. The number of aromatic hydroxyl groups is 1. The van der Waals surface area contributed by atoms with Gasteiger partial charge in [-0.15, -0.1) is 0 Å². The Hall–Kier alpha value is -3.70. The predicted octanol–water partition coefficient (Wildman–Crippen LogP) is 2.46. The number of aromatic nitrogens is 4. The van der Waals surface area contributed by atoms with E-state index in [-0.39, 0.29) is 5.75 Å². The molecular weight excluding hydrogens is 456 g/mol. The fraction of sp³-hybridized carbons (Fsp3) is 0.261. The SMILES string of the molecule is CS(=O)(=O)Nc1cccc(Cn2cnc3c(-c4cccc(O)c4)nc(N4CCOCC4)nc32)c1. The number of anilines is 2. The molecule has 11 heteroatoms. The Kier molecular flexibility index (Phi) is 5.80. The second-order valence-electron chi connectivity index (χ2n) is 8.14. The monoisotopic (exact) mass is 480 g/mol. The Balaban J connectivity index is 1.58. The van der Waals surface area contributed by atoms with E-state index in [2.05, 4.69) is 14.6 Å². The highest BCUT2D eigenvalue weighted by Gasteiger charge is 2.20. The molecule has 5 rings (SSSR count). The molecule has 10 nitrogen and oxygen atoms in total. The predicted molar refractivity (Wildman–Crippen MR) is 129 cm³/mol. The quantitative estimate of drug-likeness (QED) is 0.432. The van der Waals surface area contributed by atoms with E-state index < -0.39 is 10.0 Å². The van der Waals surface area contributed by atoms with Crippen LogP contribution in [0.25, 0.3) is 22.4 Å². The van der Waals surface area contributed by atoms with Crippen molar-refractivity contribution in [3.63, 3.8) is 0 Å². The van der Waals surface area contributed by atoms with E-state index in [1.807, 2.05) is 16.7 Å². The number of ether oxygens (including phenoxy) is 1. The molecule has 1 aliphatic heterocycles. The summed E-state index contributed by atoms with van der Waals surface area (Å²) >= 11 is 0. The minimum atomic E-state index is -3.37. The molecule has 0 radical (unpaired) electrons. The van der Waals surface area contributed by atoms with Gasteiger partial charge in [0.25, 0.3) is 0 Å². The number of hydrogen-bond donors (Lipinski definition) is 2. The Morgan fingerprint density at radius 1 is 1.09 bits per heavy atom. The molecule has 2 aromatic heterocycles. The molecule has 0 spiro atoms. The number of imidazole rings is 1. The van der Waals surface area contributed by atoms with Crippen molar-refractivity contribution in [2.24, 2.45) is 0 Å². The van der Waals surface area contributed by atoms with Crippen LogP contribution in [0, 0.1) is 0 Å². The van der Waals surface area contributed by atoms with Crippen LogP contribution in [0.5, 0.6) is 5.75 Å². The van der Waals surface area contributed by atoms with Gasteiger partial charge in [-0.05, 0) is 29.8 Å². The third-order valence-electron chi connectivity index (χ3n) is 5.45. The van der Waals surface area contributed by atoms with Crippen molar-refractivity contribution in [2.45, 2.75) is 6.54 Å². The van der Waals surface area contributed by atoms with E-state index >= 15 is 0 Å². The first-order chi connectivity index (χ1) is 16.4. The number of nitrogens with zero attached hydrogens (tertiary/aromatic N) is 5. The molecule has 0 bridgehead atoms. The molecular formula is C23H24N6O4S. The Morgan fingerprint density at radius 3 is 2.65 bits per heavy atom. The lowest BCUT2D eigenvalue weighted by atomic mass is 10.1. The second-order valence-corrected chi connectivity index (χ2v) is 9.89. The number of sulfonamides is 1. The van der Waals surface area contributed by atoms with E-state index in [0.717, 1.165) is 17.4 Å². The summed E-state index contributed by atoms with van der Waals surface area (Å²) in [6.45, 7) is 3.00. The van der Waals surface area contributed by atoms with E-state index in [9.17, 15) is 13.5 Å². The van der Waals surface area contributed by atoms with Crippen LogP contribution < -0.4 is 9.62 Å². The highest BCUT2D eigenvalue weighted by atomic mass is 32.2. The highest BCUT2D eigenvalue weighted by Crippen LogP contribution is 2.30. The number of phenols is 1. The number of hydrogen-bond acceptors (Lipinski definition) is 8. The molecule has 1 saturated heterocycles. The van der Waals surface area contributed by atoms with Crippen LogP contribution in [0.4, 0.5) is 11.6 Å². The van der Waals surface area contributed by atoms with E-state index in [4.69, 9.17) is 14.7 Å². The topological polar surface area (TPSA) is 122 Å². The first-order valence-electron chi connectivity index (χ1n) is 10.8. The summed E-state index contributed by atoms with van der Waals surface area (Å²) < 4.78 is 33.1. The third kappa shape index (κ3) is 4.80. The average Bonchev–Trinajstić information content (AvgIpc) is 3.21. The van der Waals surface area contributed by atoms with Crippen LogP contribution in [0.2, 0.25) is 0 Å². The Labute approximate surface area is 196 Å². The van der Waals surface area contributed by atoms with Crippen molar-refractivity contribution in [3.8, 4) is 17.0 Å². The number of rotatable bonds is 6. The number of nitrogens with one attached hydrogen (secondary N) is 1. The summed E-state index contributed by atoms with van der Waals surface area (Å²) in [6, 6.07) is 14.1. The van der Waals surface area contributed by atoms with Gasteiger partial charge in [-0.25, -0.2) is 18.4 Å². The fourth-order valence-electron chi connectivity index (χ4n) is 3.95. The molecule has 2 aromatic carbocycles. The lowest BCUT2D eigenvalue weighted by Crippen LogP contribution is -2.37. The molecule has 0 unspecified atom stereocenters. The van der Waals surface area contributed by atoms with Gasteiger partial charge in [0.2, 0.25) is 16.0 Å². The van der Waals surface area contributed by atoms with Crippen molar-refractivity contribution in [1.82, 2.24) is 19.5 Å². The number of benzene rings is 2. The minimum absolute atomic E-state index is 0.145. The van der Waals surface area contributed by atoms with E-state index in [1.54, 1.807) is 42.7 Å². The van der Waals surface area contributed by atoms with Gasteiger partial charge < -0.3 is 19.3 Å². The van der Waals surface area contributed by atoms with Crippen molar-refractivity contribution >= 4 is 32.8 Å². The Morgan fingerprint density at radius 2 is 1.88 bits per heavy atom. The van der Waals surface area contributed by atoms with E-state index in [0.29, 0.717) is 61.3 Å². The molecule has 0 aliphatic carbocycles. The van der Waals surface area contributed by atoms with Crippen molar-refractivity contribution < 1.29 is 18.3 Å². The number of phenolic OH excluding ortho intramolecular Hbond substituents is 1. The molecule has 0 atom stereocenters. The van der Waals surface area contributed by atoms with Crippen molar-refractivity contribution in [3.05, 3.63) is 60.4 Å². The minimum Gasteiger partial charge on any atom is -0.508 e. The zero-order valence-corrected chi connectivity index (χ0v) is 19.4. The molecule has 0 saturated carbocycles. The summed E-state index contributed by atoms with van der Waals surface area (Å²) in [7, 11) is -3.37. The standard InChI is InChI=1S/C23H24N6O4S/c1-34(31,32)27-18-6-2-4-16(12-18)14-29-15-24-21-20(17-5-3-7-19(30)13-17)25-23(26-22(21)29)28-8-10-33-11-9-28/h2-7,12-13,15,27,30H,8-11,14H2,1H3. The second kappa shape index (κ2) is 8.92. The van der Waals surface area contributed by atoms with Crippen LogP contribution >= 0.6 is 0 Å². The van der Waals surface area contributed by atoms with Crippen molar-refractivity contribution in [2.75, 3.05) is 42.2 Å². The van der Waals surface area contributed by atoms with E-state index in [1.165, 1.54) is 0 Å². The summed E-state index contributed by atoms with van der Waals surface area (Å²) in [5.74, 6) is 0.718. The van der Waals surface area contributed by atoms with Gasteiger partial charge in [-0.2, -0.15) is 4.98 Å². The summed E-state index contributed by atoms with van der Waals surface area (Å²) in [6.07, 6.45) is 2.82. The lowest BCUT2D eigenvalue weighted by Gasteiger charge is -2.27. The van der Waals surface area contributed by atoms with Crippen LogP contribution in [0.3, 0.4) is 0 Å². The van der Waals surface area contributed by atoms with Gasteiger partial charge in [0.15, 0.2) is 5.65 Å².